The van der Waals surface area contributed by atoms with Crippen LogP contribution in [0.2, 0.25) is 0 Å². The molecular formula is C23H20F3N5O2. The number of fused-ring (bicyclic) bond motifs is 2. The second-order valence-electron chi connectivity index (χ2n) is 8.47. The van der Waals surface area contributed by atoms with E-state index in [0.717, 1.165) is 17.6 Å². The summed E-state index contributed by atoms with van der Waals surface area (Å²) in [6.45, 7) is 2.25. The van der Waals surface area contributed by atoms with Crippen LogP contribution in [-0.2, 0) is 11.0 Å². The largest absolute Gasteiger partial charge is 0.416 e. The Hall–Kier alpha value is -3.69. The van der Waals surface area contributed by atoms with Gasteiger partial charge in [0.2, 0.25) is 5.91 Å². The van der Waals surface area contributed by atoms with Crippen molar-refractivity contribution in [1.82, 2.24) is 25.2 Å². The van der Waals surface area contributed by atoms with E-state index in [4.69, 9.17) is 0 Å². The van der Waals surface area contributed by atoms with E-state index in [1.165, 1.54) is 24.3 Å². The van der Waals surface area contributed by atoms with Crippen LogP contribution in [-0.4, -0.2) is 63.2 Å². The number of hydrogen-bond acceptors (Lipinski definition) is 4. The van der Waals surface area contributed by atoms with E-state index in [2.05, 4.69) is 15.4 Å². The fourth-order valence-corrected chi connectivity index (χ4v) is 4.55. The number of aromatic amines is 1. The highest BCUT2D eigenvalue weighted by Crippen LogP contribution is 2.32. The van der Waals surface area contributed by atoms with Gasteiger partial charge in [-0.05, 0) is 42.0 Å². The standard InChI is InChI=1S/C23H20F3N5O2/c24-23(25,26)18-5-1-14(2-6-18)3-8-21(32)30-10-16-12-31(13-17(16)11-30)22(33)15-4-7-19-20(9-15)28-29-27-19/h1-9,16-17H,10-13H2,(H,27,28,29)/t16-,17-/m1/s1. The zero-order valence-corrected chi connectivity index (χ0v) is 17.4. The van der Waals surface area contributed by atoms with Gasteiger partial charge in [-0.3, -0.25) is 14.7 Å². The van der Waals surface area contributed by atoms with Crippen LogP contribution in [0.15, 0.2) is 48.5 Å². The van der Waals surface area contributed by atoms with Crippen LogP contribution in [0.1, 0.15) is 21.5 Å². The van der Waals surface area contributed by atoms with Crippen LogP contribution >= 0.6 is 0 Å². The van der Waals surface area contributed by atoms with Crippen molar-refractivity contribution in [3.63, 3.8) is 0 Å². The Bertz CT molecular complexity index is 1220. The van der Waals surface area contributed by atoms with Gasteiger partial charge in [-0.25, -0.2) is 0 Å². The monoisotopic (exact) mass is 455 g/mol. The van der Waals surface area contributed by atoms with Crippen LogP contribution in [0.3, 0.4) is 0 Å². The lowest BCUT2D eigenvalue weighted by atomic mass is 10.0. The highest BCUT2D eigenvalue weighted by atomic mass is 19.4. The van der Waals surface area contributed by atoms with E-state index in [-0.39, 0.29) is 23.7 Å². The lowest BCUT2D eigenvalue weighted by Gasteiger charge is -2.21. The van der Waals surface area contributed by atoms with Crippen LogP contribution in [0.4, 0.5) is 13.2 Å². The molecule has 0 aliphatic carbocycles. The van der Waals surface area contributed by atoms with Crippen molar-refractivity contribution in [3.05, 3.63) is 65.2 Å². The number of carbonyl (C=O) groups is 2. The van der Waals surface area contributed by atoms with Gasteiger partial charge in [0, 0.05) is 49.7 Å². The number of carbonyl (C=O) groups excluding carboxylic acids is 2. The summed E-state index contributed by atoms with van der Waals surface area (Å²) in [7, 11) is 0. The van der Waals surface area contributed by atoms with Crippen molar-refractivity contribution in [2.45, 2.75) is 6.18 Å². The van der Waals surface area contributed by atoms with Gasteiger partial charge >= 0.3 is 6.18 Å². The maximum absolute atomic E-state index is 12.9. The fraction of sp³-hybridized carbons (Fsp3) is 0.304. The molecule has 2 aliphatic heterocycles. The van der Waals surface area contributed by atoms with Crippen molar-refractivity contribution in [1.29, 1.82) is 0 Å². The summed E-state index contributed by atoms with van der Waals surface area (Å²) in [6.07, 6.45) is -1.48. The van der Waals surface area contributed by atoms with Crippen molar-refractivity contribution < 1.29 is 22.8 Å². The molecule has 1 N–H and O–H groups in total. The van der Waals surface area contributed by atoms with Crippen LogP contribution in [0.25, 0.3) is 17.1 Å². The molecule has 0 saturated carbocycles. The first-order valence-electron chi connectivity index (χ1n) is 10.5. The highest BCUT2D eigenvalue weighted by Gasteiger charge is 2.42. The average Bonchev–Trinajstić information content (AvgIpc) is 3.50. The highest BCUT2D eigenvalue weighted by molar-refractivity contribution is 5.97. The molecule has 0 bridgehead atoms. The van der Waals surface area contributed by atoms with Gasteiger partial charge in [-0.2, -0.15) is 13.2 Å². The van der Waals surface area contributed by atoms with E-state index < -0.39 is 11.7 Å². The number of rotatable bonds is 3. The minimum atomic E-state index is -4.39. The maximum Gasteiger partial charge on any atom is 0.416 e. The molecule has 2 aliphatic rings. The number of likely N-dealkylation sites (tertiary alicyclic amines) is 2. The molecule has 0 spiro atoms. The van der Waals surface area contributed by atoms with Gasteiger partial charge in [0.05, 0.1) is 11.1 Å². The normalized spacial score (nSPS) is 20.7. The number of amides is 2. The van der Waals surface area contributed by atoms with Gasteiger partial charge in [-0.15, -0.1) is 5.10 Å². The van der Waals surface area contributed by atoms with Gasteiger partial charge < -0.3 is 9.80 Å². The number of H-pyrrole nitrogens is 1. The number of nitrogens with one attached hydrogen (secondary N) is 1. The Morgan fingerprint density at radius 3 is 2.30 bits per heavy atom. The molecule has 7 nitrogen and oxygen atoms in total. The average molecular weight is 455 g/mol. The van der Waals surface area contributed by atoms with Crippen molar-refractivity contribution in [2.75, 3.05) is 26.2 Å². The first kappa shape index (κ1) is 21.2. The summed E-state index contributed by atoms with van der Waals surface area (Å²) >= 11 is 0. The summed E-state index contributed by atoms with van der Waals surface area (Å²) < 4.78 is 38.0. The molecule has 2 atom stereocenters. The number of aromatic nitrogens is 3. The smallest absolute Gasteiger partial charge is 0.338 e. The molecule has 33 heavy (non-hydrogen) atoms. The third kappa shape index (κ3) is 4.20. The number of hydrogen-bond donors (Lipinski definition) is 1. The summed E-state index contributed by atoms with van der Waals surface area (Å²) in [4.78, 5) is 29.0. The third-order valence-electron chi connectivity index (χ3n) is 6.31. The van der Waals surface area contributed by atoms with E-state index in [9.17, 15) is 22.8 Å². The molecule has 5 rings (SSSR count). The van der Waals surface area contributed by atoms with Crippen molar-refractivity contribution in [2.24, 2.45) is 11.8 Å². The molecule has 2 amide bonds. The van der Waals surface area contributed by atoms with Gasteiger partial charge in [0.1, 0.15) is 5.52 Å². The molecular weight excluding hydrogens is 435 g/mol. The molecule has 1 aromatic heterocycles. The van der Waals surface area contributed by atoms with Gasteiger partial charge in [0.15, 0.2) is 0 Å². The summed E-state index contributed by atoms with van der Waals surface area (Å²) in [5.41, 5.74) is 1.76. The van der Waals surface area contributed by atoms with Crippen LogP contribution in [0.5, 0.6) is 0 Å². The number of benzene rings is 2. The lowest BCUT2D eigenvalue weighted by molar-refractivity contribution is -0.137. The Kier molecular flexibility index (Phi) is 5.15. The van der Waals surface area contributed by atoms with E-state index >= 15 is 0 Å². The molecule has 10 heteroatoms. The zero-order valence-electron chi connectivity index (χ0n) is 17.4. The van der Waals surface area contributed by atoms with Crippen molar-refractivity contribution in [3.8, 4) is 0 Å². The molecule has 3 heterocycles. The maximum atomic E-state index is 12.9. The lowest BCUT2D eigenvalue weighted by Crippen LogP contribution is -2.35. The SMILES string of the molecule is O=C(C=Cc1ccc(C(F)(F)F)cc1)N1C[C@@H]2CN(C(=O)c3ccc4[nH]nnc4c3)C[C@H]2C1. The molecule has 2 aromatic carbocycles. The Morgan fingerprint density at radius 1 is 0.970 bits per heavy atom. The number of halogens is 3. The fourth-order valence-electron chi connectivity index (χ4n) is 4.55. The number of nitrogens with zero attached hydrogens (tertiary/aromatic N) is 4. The molecule has 170 valence electrons. The van der Waals surface area contributed by atoms with Crippen LogP contribution < -0.4 is 0 Å². The summed E-state index contributed by atoms with van der Waals surface area (Å²) in [5, 5.41) is 10.4. The van der Waals surface area contributed by atoms with E-state index in [1.807, 2.05) is 4.90 Å². The molecule has 2 fully saturated rings. The van der Waals surface area contributed by atoms with E-state index in [1.54, 1.807) is 23.1 Å². The van der Waals surface area contributed by atoms with Gasteiger partial charge in [-0.1, -0.05) is 17.3 Å². The predicted molar refractivity (Wildman–Crippen MR) is 114 cm³/mol. The van der Waals surface area contributed by atoms with Crippen LogP contribution in [0, 0.1) is 11.8 Å². The van der Waals surface area contributed by atoms with Crippen molar-refractivity contribution >= 4 is 28.9 Å². The Balaban J connectivity index is 1.17. The summed E-state index contributed by atoms with van der Waals surface area (Å²) in [6, 6.07) is 9.92. The van der Waals surface area contributed by atoms with E-state index in [0.29, 0.717) is 42.8 Å². The Morgan fingerprint density at radius 2 is 1.64 bits per heavy atom. The topological polar surface area (TPSA) is 82.2 Å². The molecule has 2 saturated heterocycles. The minimum Gasteiger partial charge on any atom is -0.338 e. The third-order valence-corrected chi connectivity index (χ3v) is 6.31. The zero-order chi connectivity index (χ0) is 23.2. The number of alkyl halides is 3. The second-order valence-corrected chi connectivity index (χ2v) is 8.47. The molecule has 0 unspecified atom stereocenters. The first-order chi connectivity index (χ1) is 15.8. The predicted octanol–water partition coefficient (Wildman–Crippen LogP) is 3.22. The first-order valence-corrected chi connectivity index (χ1v) is 10.5. The summed E-state index contributed by atoms with van der Waals surface area (Å²) in [5.74, 6) is 0.161. The minimum absolute atomic E-state index is 0.0608. The Labute approximate surface area is 186 Å². The molecule has 0 radical (unpaired) electrons. The second kappa shape index (κ2) is 8.02. The quantitative estimate of drug-likeness (QED) is 0.615. The van der Waals surface area contributed by atoms with Gasteiger partial charge in [0.25, 0.3) is 5.91 Å². The molecule has 3 aromatic rings.